The Morgan fingerprint density at radius 3 is 3.18 bits per heavy atom. The summed E-state index contributed by atoms with van der Waals surface area (Å²) in [5.41, 5.74) is 4.67. The van der Waals surface area contributed by atoms with Gasteiger partial charge in [0, 0.05) is 36.3 Å². The fourth-order valence-electron chi connectivity index (χ4n) is 2.23. The Bertz CT molecular complexity index is 533. The second-order valence-electron chi connectivity index (χ2n) is 4.19. The van der Waals surface area contributed by atoms with Crippen LogP contribution >= 0.6 is 0 Å². The summed E-state index contributed by atoms with van der Waals surface area (Å²) in [6.45, 7) is 1.91. The molecule has 88 valence electrons. The van der Waals surface area contributed by atoms with E-state index in [9.17, 15) is 0 Å². The van der Waals surface area contributed by atoms with Crippen LogP contribution < -0.4 is 10.1 Å². The van der Waals surface area contributed by atoms with E-state index in [-0.39, 0.29) is 0 Å². The monoisotopic (exact) mass is 229 g/mol. The van der Waals surface area contributed by atoms with E-state index in [0.29, 0.717) is 0 Å². The fourth-order valence-corrected chi connectivity index (χ4v) is 2.23. The normalized spacial score (nSPS) is 14.4. The summed E-state index contributed by atoms with van der Waals surface area (Å²) in [4.78, 5) is 0. The largest absolute Gasteiger partial charge is 0.497 e. The van der Waals surface area contributed by atoms with Crippen molar-refractivity contribution in [3.05, 3.63) is 35.5 Å². The Morgan fingerprint density at radius 1 is 1.35 bits per heavy atom. The third kappa shape index (κ3) is 1.80. The van der Waals surface area contributed by atoms with Gasteiger partial charge in [0.05, 0.1) is 12.8 Å². The van der Waals surface area contributed by atoms with Crippen LogP contribution in [-0.4, -0.2) is 23.9 Å². The number of aromatic nitrogens is 2. The van der Waals surface area contributed by atoms with Crippen molar-refractivity contribution in [1.82, 2.24) is 15.5 Å². The van der Waals surface area contributed by atoms with Crippen molar-refractivity contribution in [2.75, 3.05) is 13.7 Å². The van der Waals surface area contributed by atoms with Crippen molar-refractivity contribution in [2.45, 2.75) is 13.0 Å². The number of nitrogens with one attached hydrogen (secondary N) is 2. The number of fused-ring (bicyclic) bond motifs is 1. The van der Waals surface area contributed by atoms with Gasteiger partial charge in [-0.3, -0.25) is 5.10 Å². The van der Waals surface area contributed by atoms with Gasteiger partial charge in [0.1, 0.15) is 5.75 Å². The minimum Gasteiger partial charge on any atom is -0.497 e. The first kappa shape index (κ1) is 10.4. The molecule has 0 spiro atoms. The molecule has 4 heteroatoms. The number of hydrogen-bond acceptors (Lipinski definition) is 3. The zero-order chi connectivity index (χ0) is 11.7. The smallest absolute Gasteiger partial charge is 0.119 e. The fraction of sp³-hybridized carbons (Fsp3) is 0.308. The van der Waals surface area contributed by atoms with E-state index in [1.165, 1.54) is 11.3 Å². The molecule has 0 saturated carbocycles. The highest BCUT2D eigenvalue weighted by atomic mass is 16.5. The molecule has 0 unspecified atom stereocenters. The van der Waals surface area contributed by atoms with Crippen LogP contribution in [0.4, 0.5) is 0 Å². The van der Waals surface area contributed by atoms with Crippen LogP contribution in [0.25, 0.3) is 11.3 Å². The average Bonchev–Trinajstić information content (AvgIpc) is 2.82. The maximum atomic E-state index is 5.24. The molecule has 0 radical (unpaired) electrons. The lowest BCUT2D eigenvalue weighted by Gasteiger charge is -2.13. The van der Waals surface area contributed by atoms with Crippen molar-refractivity contribution in [3.8, 4) is 17.0 Å². The van der Waals surface area contributed by atoms with E-state index in [1.54, 1.807) is 7.11 Å². The summed E-state index contributed by atoms with van der Waals surface area (Å²) < 4.78 is 5.24. The van der Waals surface area contributed by atoms with E-state index in [4.69, 9.17) is 4.74 Å². The third-order valence-electron chi connectivity index (χ3n) is 3.15. The van der Waals surface area contributed by atoms with E-state index in [1.807, 2.05) is 18.2 Å². The van der Waals surface area contributed by atoms with Crippen molar-refractivity contribution in [1.29, 1.82) is 0 Å². The molecule has 1 aromatic carbocycles. The van der Waals surface area contributed by atoms with Gasteiger partial charge in [0.25, 0.3) is 0 Å². The topological polar surface area (TPSA) is 49.9 Å². The summed E-state index contributed by atoms with van der Waals surface area (Å²) in [5, 5.41) is 10.9. The number of H-pyrrole nitrogens is 1. The van der Waals surface area contributed by atoms with Crippen LogP contribution in [0.15, 0.2) is 24.3 Å². The number of aromatic amines is 1. The standard InChI is InChI=1S/C13H15N3O/c1-17-10-4-2-3-9(7-10)13-11-8-14-6-5-12(11)15-16-13/h2-4,7,14H,5-6,8H2,1H3,(H,15,16). The molecule has 0 fully saturated rings. The molecule has 4 nitrogen and oxygen atoms in total. The van der Waals surface area contributed by atoms with Gasteiger partial charge in [-0.15, -0.1) is 0 Å². The van der Waals surface area contributed by atoms with Gasteiger partial charge >= 0.3 is 0 Å². The van der Waals surface area contributed by atoms with Crippen molar-refractivity contribution < 1.29 is 4.74 Å². The Balaban J connectivity index is 2.05. The van der Waals surface area contributed by atoms with Crippen LogP contribution in [0.1, 0.15) is 11.3 Å². The quantitative estimate of drug-likeness (QED) is 0.824. The van der Waals surface area contributed by atoms with Gasteiger partial charge in [-0.1, -0.05) is 12.1 Å². The molecule has 1 aliphatic heterocycles. The van der Waals surface area contributed by atoms with E-state index >= 15 is 0 Å². The highest BCUT2D eigenvalue weighted by molar-refractivity contribution is 5.65. The third-order valence-corrected chi connectivity index (χ3v) is 3.15. The molecule has 2 N–H and O–H groups in total. The number of nitrogens with zero attached hydrogens (tertiary/aromatic N) is 1. The molecule has 1 aliphatic rings. The molecular weight excluding hydrogens is 214 g/mol. The van der Waals surface area contributed by atoms with E-state index in [2.05, 4.69) is 21.6 Å². The second-order valence-corrected chi connectivity index (χ2v) is 4.19. The molecule has 17 heavy (non-hydrogen) atoms. The summed E-state index contributed by atoms with van der Waals surface area (Å²) in [5.74, 6) is 0.864. The molecule has 0 saturated heterocycles. The SMILES string of the molecule is COc1cccc(-c2n[nH]c3c2CNCC3)c1. The first-order valence-electron chi connectivity index (χ1n) is 5.80. The number of ether oxygens (including phenoxy) is 1. The highest BCUT2D eigenvalue weighted by Crippen LogP contribution is 2.28. The zero-order valence-corrected chi connectivity index (χ0v) is 9.79. The average molecular weight is 229 g/mol. The van der Waals surface area contributed by atoms with Gasteiger partial charge in [0.2, 0.25) is 0 Å². The molecule has 0 aliphatic carbocycles. The molecular formula is C13H15N3O. The first-order valence-corrected chi connectivity index (χ1v) is 5.80. The number of benzene rings is 1. The Hall–Kier alpha value is -1.81. The number of rotatable bonds is 2. The number of hydrogen-bond donors (Lipinski definition) is 2. The van der Waals surface area contributed by atoms with Gasteiger partial charge in [0.15, 0.2) is 0 Å². The molecule has 1 aromatic heterocycles. The molecule has 2 heterocycles. The lowest BCUT2D eigenvalue weighted by molar-refractivity contribution is 0.415. The predicted octanol–water partition coefficient (Wildman–Crippen LogP) is 1.73. The van der Waals surface area contributed by atoms with Crippen LogP contribution in [0.5, 0.6) is 5.75 Å². The van der Waals surface area contributed by atoms with Gasteiger partial charge in [-0.05, 0) is 12.1 Å². The summed E-state index contributed by atoms with van der Waals surface area (Å²) in [7, 11) is 1.68. The lowest BCUT2D eigenvalue weighted by atomic mass is 10.0. The van der Waals surface area contributed by atoms with Gasteiger partial charge in [-0.2, -0.15) is 5.10 Å². The highest BCUT2D eigenvalue weighted by Gasteiger charge is 2.17. The van der Waals surface area contributed by atoms with E-state index < -0.39 is 0 Å². The van der Waals surface area contributed by atoms with E-state index in [0.717, 1.165) is 36.5 Å². The minimum atomic E-state index is 0.864. The molecule has 0 amide bonds. The summed E-state index contributed by atoms with van der Waals surface area (Å²) >= 11 is 0. The Morgan fingerprint density at radius 2 is 2.29 bits per heavy atom. The molecule has 0 bridgehead atoms. The van der Waals surface area contributed by atoms with Crippen molar-refractivity contribution in [3.63, 3.8) is 0 Å². The molecule has 3 rings (SSSR count). The van der Waals surface area contributed by atoms with Crippen molar-refractivity contribution in [2.24, 2.45) is 0 Å². The van der Waals surface area contributed by atoms with Crippen LogP contribution in [0, 0.1) is 0 Å². The van der Waals surface area contributed by atoms with Gasteiger partial charge < -0.3 is 10.1 Å². The van der Waals surface area contributed by atoms with Crippen LogP contribution in [0.3, 0.4) is 0 Å². The predicted molar refractivity (Wildman–Crippen MR) is 66.0 cm³/mol. The molecule has 0 atom stereocenters. The van der Waals surface area contributed by atoms with Crippen LogP contribution in [0.2, 0.25) is 0 Å². The van der Waals surface area contributed by atoms with Crippen LogP contribution in [-0.2, 0) is 13.0 Å². The Kier molecular flexibility index (Phi) is 2.57. The minimum absolute atomic E-state index is 0.864. The zero-order valence-electron chi connectivity index (χ0n) is 9.79. The first-order chi connectivity index (χ1) is 8.38. The summed E-state index contributed by atoms with van der Waals surface area (Å²) in [6.07, 6.45) is 1.02. The second kappa shape index (κ2) is 4.22. The maximum Gasteiger partial charge on any atom is 0.119 e. The Labute approximate surface area is 100 Å². The van der Waals surface area contributed by atoms with Gasteiger partial charge in [-0.25, -0.2) is 0 Å². The maximum absolute atomic E-state index is 5.24. The number of methoxy groups -OCH3 is 1. The molecule has 2 aromatic rings. The lowest BCUT2D eigenvalue weighted by Crippen LogP contribution is -2.23. The summed E-state index contributed by atoms with van der Waals surface area (Å²) in [6, 6.07) is 8.02. The van der Waals surface area contributed by atoms with Crippen molar-refractivity contribution >= 4 is 0 Å².